The lowest BCUT2D eigenvalue weighted by atomic mass is 9.88. The zero-order chi connectivity index (χ0) is 17.8. The molecule has 3 nitrogen and oxygen atoms in total. The molecule has 0 radical (unpaired) electrons. The summed E-state index contributed by atoms with van der Waals surface area (Å²) in [5.74, 6) is 0. The molecule has 1 atom stereocenters. The van der Waals surface area contributed by atoms with E-state index < -0.39 is 0 Å². The first-order valence-electron chi connectivity index (χ1n) is 9.96. The maximum absolute atomic E-state index is 6.41. The molecule has 0 bridgehead atoms. The molecule has 2 aromatic carbocycles. The van der Waals surface area contributed by atoms with Crippen molar-refractivity contribution in [1.82, 2.24) is 4.90 Å². The Morgan fingerprint density at radius 3 is 2.31 bits per heavy atom. The summed E-state index contributed by atoms with van der Waals surface area (Å²) >= 11 is 0. The lowest BCUT2D eigenvalue weighted by Gasteiger charge is -2.50. The van der Waals surface area contributed by atoms with Crippen molar-refractivity contribution in [2.45, 2.75) is 37.8 Å². The van der Waals surface area contributed by atoms with E-state index >= 15 is 0 Å². The largest absolute Gasteiger partial charge is 0.371 e. The van der Waals surface area contributed by atoms with Crippen LogP contribution in [-0.4, -0.2) is 49.3 Å². The molecule has 0 N–H and O–H groups in total. The Hall–Kier alpha value is -1.84. The van der Waals surface area contributed by atoms with Crippen molar-refractivity contribution >= 4 is 5.69 Å². The molecule has 4 rings (SSSR count). The van der Waals surface area contributed by atoms with Crippen molar-refractivity contribution in [1.29, 1.82) is 0 Å². The van der Waals surface area contributed by atoms with Gasteiger partial charge in [-0.1, -0.05) is 48.5 Å². The highest BCUT2D eigenvalue weighted by Gasteiger charge is 2.41. The van der Waals surface area contributed by atoms with Crippen LogP contribution in [0.5, 0.6) is 0 Å². The molecule has 2 aromatic rings. The third kappa shape index (κ3) is 3.94. The van der Waals surface area contributed by atoms with Crippen LogP contribution in [-0.2, 0) is 11.2 Å². The van der Waals surface area contributed by atoms with Gasteiger partial charge in [-0.15, -0.1) is 0 Å². The van der Waals surface area contributed by atoms with Crippen molar-refractivity contribution in [2.75, 3.05) is 37.7 Å². The van der Waals surface area contributed by atoms with E-state index in [9.17, 15) is 0 Å². The number of benzene rings is 2. The second-order valence-corrected chi connectivity index (χ2v) is 7.88. The topological polar surface area (TPSA) is 15.7 Å². The predicted molar refractivity (Wildman–Crippen MR) is 108 cm³/mol. The Morgan fingerprint density at radius 1 is 0.962 bits per heavy atom. The number of hydrogen-bond donors (Lipinski definition) is 0. The maximum Gasteiger partial charge on any atom is 0.0882 e. The lowest BCUT2D eigenvalue weighted by molar-refractivity contribution is -0.101. The van der Waals surface area contributed by atoms with E-state index in [1.54, 1.807) is 0 Å². The van der Waals surface area contributed by atoms with Gasteiger partial charge in [-0.3, -0.25) is 0 Å². The summed E-state index contributed by atoms with van der Waals surface area (Å²) in [6.45, 7) is 7.56. The standard InChI is InChI=1S/C23H30N2O/c1-20-18-26-23(19-25(20)22-10-6-3-7-11-22)13-16-24(17-14-23)15-12-21-8-4-2-5-9-21/h2-11,20H,12-19H2,1H3. The summed E-state index contributed by atoms with van der Waals surface area (Å²) < 4.78 is 6.41. The number of anilines is 1. The van der Waals surface area contributed by atoms with Gasteiger partial charge in [0.15, 0.2) is 0 Å². The van der Waals surface area contributed by atoms with Gasteiger partial charge in [0.25, 0.3) is 0 Å². The summed E-state index contributed by atoms with van der Waals surface area (Å²) in [5.41, 5.74) is 2.80. The van der Waals surface area contributed by atoms with E-state index in [-0.39, 0.29) is 5.60 Å². The van der Waals surface area contributed by atoms with Crippen LogP contribution in [0.25, 0.3) is 0 Å². The van der Waals surface area contributed by atoms with E-state index in [1.807, 2.05) is 0 Å². The molecular weight excluding hydrogens is 320 g/mol. The van der Waals surface area contributed by atoms with E-state index in [0.29, 0.717) is 6.04 Å². The molecule has 2 aliphatic rings. The fraction of sp³-hybridized carbons (Fsp3) is 0.478. The molecule has 3 heteroatoms. The highest BCUT2D eigenvalue weighted by Crippen LogP contribution is 2.34. The van der Waals surface area contributed by atoms with Crippen LogP contribution < -0.4 is 4.90 Å². The monoisotopic (exact) mass is 350 g/mol. The Bertz CT molecular complexity index is 680. The number of ether oxygens (including phenoxy) is 1. The number of hydrogen-bond acceptors (Lipinski definition) is 3. The van der Waals surface area contributed by atoms with Crippen LogP contribution in [0.3, 0.4) is 0 Å². The summed E-state index contributed by atoms with van der Waals surface area (Å²) in [6.07, 6.45) is 3.41. The molecule has 0 aliphatic carbocycles. The summed E-state index contributed by atoms with van der Waals surface area (Å²) in [4.78, 5) is 5.15. The molecule has 1 spiro atoms. The minimum atomic E-state index is 0.0333. The highest BCUT2D eigenvalue weighted by molar-refractivity contribution is 5.48. The van der Waals surface area contributed by atoms with Crippen LogP contribution in [0.2, 0.25) is 0 Å². The normalized spacial score (nSPS) is 23.3. The Balaban J connectivity index is 1.34. The van der Waals surface area contributed by atoms with Crippen LogP contribution in [0.1, 0.15) is 25.3 Å². The van der Waals surface area contributed by atoms with Gasteiger partial charge in [0.2, 0.25) is 0 Å². The number of nitrogens with zero attached hydrogens (tertiary/aromatic N) is 2. The molecule has 2 fully saturated rings. The van der Waals surface area contributed by atoms with Gasteiger partial charge in [-0.25, -0.2) is 0 Å². The Labute approximate surface area is 157 Å². The van der Waals surface area contributed by atoms with E-state index in [0.717, 1.165) is 52.0 Å². The fourth-order valence-corrected chi connectivity index (χ4v) is 4.28. The van der Waals surface area contributed by atoms with Crippen molar-refractivity contribution in [3.63, 3.8) is 0 Å². The van der Waals surface area contributed by atoms with E-state index in [4.69, 9.17) is 4.74 Å². The van der Waals surface area contributed by atoms with Crippen molar-refractivity contribution in [3.8, 4) is 0 Å². The minimum absolute atomic E-state index is 0.0333. The average Bonchev–Trinajstić information content (AvgIpc) is 2.71. The van der Waals surface area contributed by atoms with Crippen molar-refractivity contribution in [3.05, 3.63) is 66.2 Å². The number of para-hydroxylation sites is 1. The number of morpholine rings is 1. The van der Waals surface area contributed by atoms with Crippen LogP contribution in [0, 0.1) is 0 Å². The van der Waals surface area contributed by atoms with Crippen molar-refractivity contribution < 1.29 is 4.74 Å². The second-order valence-electron chi connectivity index (χ2n) is 7.88. The average molecular weight is 351 g/mol. The summed E-state index contributed by atoms with van der Waals surface area (Å²) in [5, 5.41) is 0. The summed E-state index contributed by atoms with van der Waals surface area (Å²) in [7, 11) is 0. The molecule has 2 aliphatic heterocycles. The van der Waals surface area contributed by atoms with Crippen LogP contribution >= 0.6 is 0 Å². The third-order valence-electron chi connectivity index (χ3n) is 6.04. The smallest absolute Gasteiger partial charge is 0.0882 e. The molecule has 138 valence electrons. The maximum atomic E-state index is 6.41. The quantitative estimate of drug-likeness (QED) is 0.829. The molecule has 2 saturated heterocycles. The van der Waals surface area contributed by atoms with Gasteiger partial charge in [0.1, 0.15) is 0 Å². The van der Waals surface area contributed by atoms with Gasteiger partial charge in [0, 0.05) is 37.9 Å². The van der Waals surface area contributed by atoms with E-state index in [2.05, 4.69) is 77.4 Å². The molecule has 0 amide bonds. The number of piperidine rings is 1. The van der Waals surface area contributed by atoms with Gasteiger partial charge in [-0.2, -0.15) is 0 Å². The second kappa shape index (κ2) is 7.81. The van der Waals surface area contributed by atoms with Crippen LogP contribution in [0.4, 0.5) is 5.69 Å². The number of likely N-dealkylation sites (tertiary alicyclic amines) is 1. The SMILES string of the molecule is CC1COC2(CCN(CCc3ccccc3)CC2)CN1c1ccccc1. The number of rotatable bonds is 4. The van der Waals surface area contributed by atoms with E-state index in [1.165, 1.54) is 11.3 Å². The molecule has 1 unspecified atom stereocenters. The molecule has 0 saturated carbocycles. The molecule has 2 heterocycles. The van der Waals surface area contributed by atoms with Gasteiger partial charge in [0.05, 0.1) is 12.2 Å². The van der Waals surface area contributed by atoms with Crippen molar-refractivity contribution in [2.24, 2.45) is 0 Å². The Morgan fingerprint density at radius 2 is 1.62 bits per heavy atom. The fourth-order valence-electron chi connectivity index (χ4n) is 4.28. The highest BCUT2D eigenvalue weighted by atomic mass is 16.5. The first-order chi connectivity index (χ1) is 12.7. The zero-order valence-corrected chi connectivity index (χ0v) is 15.8. The lowest BCUT2D eigenvalue weighted by Crippen LogP contribution is -2.59. The first-order valence-corrected chi connectivity index (χ1v) is 9.96. The predicted octanol–water partition coefficient (Wildman–Crippen LogP) is 3.99. The molecule has 0 aromatic heterocycles. The van der Waals surface area contributed by atoms with Gasteiger partial charge >= 0.3 is 0 Å². The minimum Gasteiger partial charge on any atom is -0.371 e. The van der Waals surface area contributed by atoms with Gasteiger partial charge in [-0.05, 0) is 43.9 Å². The molecular formula is C23H30N2O. The van der Waals surface area contributed by atoms with Crippen LogP contribution in [0.15, 0.2) is 60.7 Å². The third-order valence-corrected chi connectivity index (χ3v) is 6.04. The first kappa shape index (κ1) is 17.6. The molecule has 26 heavy (non-hydrogen) atoms. The Kier molecular flexibility index (Phi) is 5.28. The summed E-state index contributed by atoms with van der Waals surface area (Å²) in [6, 6.07) is 22.1. The van der Waals surface area contributed by atoms with Gasteiger partial charge < -0.3 is 14.5 Å². The zero-order valence-electron chi connectivity index (χ0n) is 15.8.